The smallest absolute Gasteiger partial charge is 0.0702 e. The monoisotopic (exact) mass is 210 g/mol. The summed E-state index contributed by atoms with van der Waals surface area (Å²) in [6.45, 7) is 4.02. The van der Waals surface area contributed by atoms with Gasteiger partial charge < -0.3 is 4.74 Å². The van der Waals surface area contributed by atoms with Crippen LogP contribution in [0.5, 0.6) is 0 Å². The molecular weight excluding hydrogens is 188 g/mol. The number of rotatable bonds is 5. The van der Waals surface area contributed by atoms with Gasteiger partial charge in [0.1, 0.15) is 0 Å². The zero-order valence-electron chi connectivity index (χ0n) is 9.91. The molecule has 0 aromatic carbocycles. The molecule has 1 aliphatic rings. The minimum atomic E-state index is 0.386. The van der Waals surface area contributed by atoms with Gasteiger partial charge in [0, 0.05) is 19.2 Å². The molecule has 0 amide bonds. The second kappa shape index (κ2) is 6.81. The molecule has 1 heterocycles. The molecule has 1 saturated heterocycles. The highest BCUT2D eigenvalue weighted by Crippen LogP contribution is 2.15. The highest BCUT2D eigenvalue weighted by molar-refractivity contribution is 4.82. The summed E-state index contributed by atoms with van der Waals surface area (Å²) < 4.78 is 5.70. The lowest BCUT2D eigenvalue weighted by Gasteiger charge is -2.31. The molecule has 0 bridgehead atoms. The second-order valence-electron chi connectivity index (χ2n) is 4.35. The zero-order valence-corrected chi connectivity index (χ0v) is 9.91. The fraction of sp³-hybridized carbons (Fsp3) is 0.917. The maximum absolute atomic E-state index is 8.71. The van der Waals surface area contributed by atoms with Crippen LogP contribution in [0.3, 0.4) is 0 Å². The Bertz CT molecular complexity index is 206. The first kappa shape index (κ1) is 12.5. The third-order valence-electron chi connectivity index (χ3n) is 3.19. The average molecular weight is 210 g/mol. The Kier molecular flexibility index (Phi) is 5.67. The van der Waals surface area contributed by atoms with Crippen molar-refractivity contribution in [3.63, 3.8) is 0 Å². The maximum Gasteiger partial charge on any atom is 0.0702 e. The summed E-state index contributed by atoms with van der Waals surface area (Å²) in [6.07, 6.45) is 5.71. The topological polar surface area (TPSA) is 36.3 Å². The van der Waals surface area contributed by atoms with Crippen LogP contribution in [0.2, 0.25) is 0 Å². The molecule has 3 nitrogen and oxygen atoms in total. The van der Waals surface area contributed by atoms with Crippen molar-refractivity contribution in [3.05, 3.63) is 0 Å². The molecule has 86 valence electrons. The van der Waals surface area contributed by atoms with E-state index in [1.54, 1.807) is 0 Å². The molecule has 0 N–H and O–H groups in total. The minimum Gasteiger partial charge on any atom is -0.377 e. The predicted octanol–water partition coefficient (Wildman–Crippen LogP) is 2.18. The van der Waals surface area contributed by atoms with Crippen LogP contribution in [-0.2, 0) is 4.74 Å². The molecule has 0 aromatic heterocycles. The Morgan fingerprint density at radius 3 is 2.87 bits per heavy atom. The van der Waals surface area contributed by atoms with Gasteiger partial charge in [0.2, 0.25) is 0 Å². The van der Waals surface area contributed by atoms with Crippen LogP contribution in [0.25, 0.3) is 0 Å². The van der Waals surface area contributed by atoms with E-state index >= 15 is 0 Å². The molecular formula is C12H22N2O. The first-order valence-electron chi connectivity index (χ1n) is 5.96. The van der Waals surface area contributed by atoms with Crippen molar-refractivity contribution >= 4 is 0 Å². The SMILES string of the molecule is CCC(CC#N)N(C)CC1CCCCO1. The van der Waals surface area contributed by atoms with Crippen LogP contribution in [0.4, 0.5) is 0 Å². The first-order valence-corrected chi connectivity index (χ1v) is 5.96. The van der Waals surface area contributed by atoms with Crippen LogP contribution in [-0.4, -0.2) is 37.2 Å². The van der Waals surface area contributed by atoms with Crippen molar-refractivity contribution in [3.8, 4) is 6.07 Å². The van der Waals surface area contributed by atoms with E-state index < -0.39 is 0 Å². The molecule has 1 fully saturated rings. The van der Waals surface area contributed by atoms with Crippen LogP contribution in [0.1, 0.15) is 39.0 Å². The van der Waals surface area contributed by atoms with Crippen molar-refractivity contribution in [2.75, 3.05) is 20.2 Å². The Morgan fingerprint density at radius 2 is 2.33 bits per heavy atom. The predicted molar refractivity (Wildman–Crippen MR) is 60.5 cm³/mol. The standard InChI is InChI=1S/C12H22N2O/c1-3-11(7-8-13)14(2)10-12-6-4-5-9-15-12/h11-12H,3-7,9-10H2,1-2H3. The zero-order chi connectivity index (χ0) is 11.1. The molecule has 15 heavy (non-hydrogen) atoms. The van der Waals surface area contributed by atoms with E-state index in [9.17, 15) is 0 Å². The second-order valence-corrected chi connectivity index (χ2v) is 4.35. The van der Waals surface area contributed by atoms with E-state index in [-0.39, 0.29) is 0 Å². The third-order valence-corrected chi connectivity index (χ3v) is 3.19. The van der Waals surface area contributed by atoms with Gasteiger partial charge in [0.05, 0.1) is 18.6 Å². The summed E-state index contributed by atoms with van der Waals surface area (Å²) in [6, 6.07) is 2.64. The normalized spacial score (nSPS) is 23.7. The summed E-state index contributed by atoms with van der Waals surface area (Å²) >= 11 is 0. The van der Waals surface area contributed by atoms with Gasteiger partial charge in [0.25, 0.3) is 0 Å². The summed E-state index contributed by atoms with van der Waals surface area (Å²) in [5, 5.41) is 8.71. The van der Waals surface area contributed by atoms with E-state index in [1.807, 2.05) is 0 Å². The lowest BCUT2D eigenvalue weighted by Crippen LogP contribution is -2.39. The number of ether oxygens (including phenoxy) is 1. The minimum absolute atomic E-state index is 0.386. The summed E-state index contributed by atoms with van der Waals surface area (Å²) in [7, 11) is 2.10. The van der Waals surface area contributed by atoms with Crippen LogP contribution in [0, 0.1) is 11.3 Å². The molecule has 1 aliphatic heterocycles. The van der Waals surface area contributed by atoms with Crippen molar-refractivity contribution in [1.29, 1.82) is 5.26 Å². The van der Waals surface area contributed by atoms with Gasteiger partial charge in [-0.05, 0) is 32.7 Å². The van der Waals surface area contributed by atoms with Crippen LogP contribution >= 0.6 is 0 Å². The number of hydrogen-bond donors (Lipinski definition) is 0. The number of nitriles is 1. The highest BCUT2D eigenvalue weighted by Gasteiger charge is 2.19. The molecule has 2 atom stereocenters. The van der Waals surface area contributed by atoms with Gasteiger partial charge in [0.15, 0.2) is 0 Å². The van der Waals surface area contributed by atoms with Gasteiger partial charge in [-0.1, -0.05) is 6.92 Å². The Balaban J connectivity index is 2.31. The molecule has 1 rings (SSSR count). The van der Waals surface area contributed by atoms with E-state index in [0.29, 0.717) is 18.6 Å². The highest BCUT2D eigenvalue weighted by atomic mass is 16.5. The maximum atomic E-state index is 8.71. The molecule has 0 saturated carbocycles. The Labute approximate surface area is 93.0 Å². The molecule has 2 unspecified atom stereocenters. The molecule has 0 spiro atoms. The lowest BCUT2D eigenvalue weighted by molar-refractivity contribution is -0.00812. The Hall–Kier alpha value is -0.590. The van der Waals surface area contributed by atoms with Crippen LogP contribution in [0.15, 0.2) is 0 Å². The van der Waals surface area contributed by atoms with Gasteiger partial charge in [-0.15, -0.1) is 0 Å². The van der Waals surface area contributed by atoms with Gasteiger partial charge in [-0.3, -0.25) is 4.90 Å². The average Bonchev–Trinajstić information content (AvgIpc) is 2.27. The fourth-order valence-corrected chi connectivity index (χ4v) is 2.14. The molecule has 0 aliphatic carbocycles. The quantitative estimate of drug-likeness (QED) is 0.698. The molecule has 0 radical (unpaired) electrons. The number of likely N-dealkylation sites (N-methyl/N-ethyl adjacent to an activating group) is 1. The number of nitrogens with zero attached hydrogens (tertiary/aromatic N) is 2. The van der Waals surface area contributed by atoms with Gasteiger partial charge >= 0.3 is 0 Å². The lowest BCUT2D eigenvalue weighted by atomic mass is 10.1. The van der Waals surface area contributed by atoms with Gasteiger partial charge in [-0.2, -0.15) is 5.26 Å². The fourth-order valence-electron chi connectivity index (χ4n) is 2.14. The number of hydrogen-bond acceptors (Lipinski definition) is 3. The van der Waals surface area contributed by atoms with Gasteiger partial charge in [-0.25, -0.2) is 0 Å². The van der Waals surface area contributed by atoms with E-state index in [0.717, 1.165) is 19.6 Å². The largest absolute Gasteiger partial charge is 0.377 e. The van der Waals surface area contributed by atoms with E-state index in [1.165, 1.54) is 19.3 Å². The first-order chi connectivity index (χ1) is 7.27. The molecule has 3 heteroatoms. The van der Waals surface area contributed by atoms with Crippen molar-refractivity contribution in [1.82, 2.24) is 4.90 Å². The van der Waals surface area contributed by atoms with Crippen molar-refractivity contribution < 1.29 is 4.74 Å². The van der Waals surface area contributed by atoms with Crippen molar-refractivity contribution in [2.24, 2.45) is 0 Å². The third kappa shape index (κ3) is 4.19. The summed E-state index contributed by atoms with van der Waals surface area (Å²) in [5.74, 6) is 0. The Morgan fingerprint density at radius 1 is 1.53 bits per heavy atom. The molecule has 0 aromatic rings. The van der Waals surface area contributed by atoms with E-state index in [4.69, 9.17) is 10.00 Å². The van der Waals surface area contributed by atoms with Crippen LogP contribution < -0.4 is 0 Å². The van der Waals surface area contributed by atoms with Crippen molar-refractivity contribution in [2.45, 2.75) is 51.2 Å². The summed E-state index contributed by atoms with van der Waals surface area (Å²) in [5.41, 5.74) is 0. The van der Waals surface area contributed by atoms with E-state index in [2.05, 4.69) is 24.9 Å². The summed E-state index contributed by atoms with van der Waals surface area (Å²) in [4.78, 5) is 2.28.